The van der Waals surface area contributed by atoms with Crippen LogP contribution in [-0.4, -0.2) is 5.78 Å². The highest BCUT2D eigenvalue weighted by Gasteiger charge is 2.38. The maximum atomic E-state index is 13.3. The molecule has 1 unspecified atom stereocenters. The summed E-state index contributed by atoms with van der Waals surface area (Å²) in [6.07, 6.45) is 7.11. The zero-order chi connectivity index (χ0) is 13.4. The van der Waals surface area contributed by atoms with Crippen LogP contribution in [0, 0.1) is 17.7 Å². The number of fused-ring (bicyclic) bond motifs is 1. The Balaban J connectivity index is 1.88. The first-order chi connectivity index (χ1) is 9.13. The van der Waals surface area contributed by atoms with Gasteiger partial charge in [0.25, 0.3) is 0 Å². The third-order valence-electron chi connectivity index (χ3n) is 3.50. The average Bonchev–Trinajstić information content (AvgIpc) is 2.71. The van der Waals surface area contributed by atoms with E-state index in [1.807, 2.05) is 12.2 Å². The van der Waals surface area contributed by atoms with Gasteiger partial charge < -0.3 is 4.74 Å². The van der Waals surface area contributed by atoms with Crippen LogP contribution in [0.2, 0.25) is 5.02 Å². The molecule has 1 aromatic rings. The molecule has 0 spiro atoms. The summed E-state index contributed by atoms with van der Waals surface area (Å²) in [6, 6.07) is 4.02. The largest absolute Gasteiger partial charge is 0.461 e. The van der Waals surface area contributed by atoms with Crippen molar-refractivity contribution in [1.29, 1.82) is 0 Å². The van der Waals surface area contributed by atoms with Crippen LogP contribution >= 0.6 is 11.6 Å². The molecule has 19 heavy (non-hydrogen) atoms. The highest BCUT2D eigenvalue weighted by atomic mass is 35.5. The summed E-state index contributed by atoms with van der Waals surface area (Å²) in [5.74, 6) is 0.608. The third kappa shape index (κ3) is 2.43. The molecule has 0 radical (unpaired) electrons. The topological polar surface area (TPSA) is 26.3 Å². The number of benzene rings is 1. The lowest BCUT2D eigenvalue weighted by Crippen LogP contribution is -2.21. The molecule has 4 heteroatoms. The minimum atomic E-state index is -0.455. The molecule has 0 saturated heterocycles. The van der Waals surface area contributed by atoms with Gasteiger partial charge in [0.1, 0.15) is 23.1 Å². The maximum absolute atomic E-state index is 13.3. The second kappa shape index (κ2) is 4.82. The number of carbonyl (C=O) groups is 1. The first-order valence-corrected chi connectivity index (χ1v) is 6.56. The lowest BCUT2D eigenvalue weighted by molar-refractivity contribution is -0.120. The Morgan fingerprint density at radius 3 is 2.95 bits per heavy atom. The molecule has 1 aromatic carbocycles. The van der Waals surface area contributed by atoms with Crippen LogP contribution in [-0.2, 0) is 4.79 Å². The predicted octanol–water partition coefficient (Wildman–Crippen LogP) is 3.91. The minimum Gasteiger partial charge on any atom is -0.461 e. The molecular weight excluding hydrogens is 267 g/mol. The minimum absolute atomic E-state index is 0.183. The fraction of sp³-hybridized carbons (Fsp3) is 0.267. The molecule has 2 atom stereocenters. The summed E-state index contributed by atoms with van der Waals surface area (Å²) >= 11 is 5.79. The predicted molar refractivity (Wildman–Crippen MR) is 70.5 cm³/mol. The van der Waals surface area contributed by atoms with Gasteiger partial charge in [0, 0.05) is 17.5 Å². The Hall–Kier alpha value is -1.61. The van der Waals surface area contributed by atoms with Crippen molar-refractivity contribution >= 4 is 17.4 Å². The second-order valence-electron chi connectivity index (χ2n) is 4.81. The number of hydrogen-bond acceptors (Lipinski definition) is 2. The van der Waals surface area contributed by atoms with E-state index in [0.29, 0.717) is 17.9 Å². The second-order valence-corrected chi connectivity index (χ2v) is 5.24. The molecule has 98 valence electrons. The van der Waals surface area contributed by atoms with E-state index in [4.69, 9.17) is 16.3 Å². The Kier molecular flexibility index (Phi) is 3.15. The number of rotatable bonds is 2. The van der Waals surface area contributed by atoms with Gasteiger partial charge in [0.05, 0.1) is 5.92 Å². The molecule has 0 aliphatic heterocycles. The quantitative estimate of drug-likeness (QED) is 0.820. The van der Waals surface area contributed by atoms with E-state index in [1.165, 1.54) is 18.2 Å². The summed E-state index contributed by atoms with van der Waals surface area (Å²) < 4.78 is 18.9. The van der Waals surface area contributed by atoms with Crippen LogP contribution in [0.25, 0.3) is 0 Å². The van der Waals surface area contributed by atoms with Crippen LogP contribution in [0.5, 0.6) is 5.75 Å². The van der Waals surface area contributed by atoms with Crippen molar-refractivity contribution in [2.75, 3.05) is 0 Å². The standard InChI is InChI=1S/C15H12ClFO2/c16-10-6-11(17)8-12(7-10)19-14-3-1-2-9-4-5-13(18)15(9)14/h1-3,6-9,15H,4-5H2/t9?,15-/m1/s1. The summed E-state index contributed by atoms with van der Waals surface area (Å²) in [5.41, 5.74) is 0. The fourth-order valence-corrected chi connectivity index (χ4v) is 2.88. The number of carbonyl (C=O) groups excluding carboxylic acids is 1. The number of allylic oxidation sites excluding steroid dienone is 4. The lowest BCUT2D eigenvalue weighted by atomic mass is 9.89. The summed E-state index contributed by atoms with van der Waals surface area (Å²) in [4.78, 5) is 11.9. The van der Waals surface area contributed by atoms with Gasteiger partial charge in [0.2, 0.25) is 0 Å². The number of Topliss-reactive ketones (excluding diaryl/α,β-unsaturated/α-hetero) is 1. The highest BCUT2D eigenvalue weighted by Crippen LogP contribution is 2.38. The summed E-state index contributed by atoms with van der Waals surface area (Å²) in [5, 5.41) is 0.274. The van der Waals surface area contributed by atoms with E-state index in [-0.39, 0.29) is 22.6 Å². The zero-order valence-corrected chi connectivity index (χ0v) is 10.9. The van der Waals surface area contributed by atoms with Gasteiger partial charge in [-0.25, -0.2) is 4.39 Å². The van der Waals surface area contributed by atoms with Crippen molar-refractivity contribution in [3.8, 4) is 5.75 Å². The first kappa shape index (κ1) is 12.4. The van der Waals surface area contributed by atoms with Crippen LogP contribution in [0.3, 0.4) is 0 Å². The van der Waals surface area contributed by atoms with E-state index < -0.39 is 5.82 Å². The Labute approximate surface area is 115 Å². The van der Waals surface area contributed by atoms with E-state index in [1.54, 1.807) is 6.08 Å². The third-order valence-corrected chi connectivity index (χ3v) is 3.71. The summed E-state index contributed by atoms with van der Waals surface area (Å²) in [6.45, 7) is 0. The number of halogens is 2. The first-order valence-electron chi connectivity index (χ1n) is 6.18. The molecule has 2 nitrogen and oxygen atoms in total. The molecule has 2 aliphatic rings. The molecule has 0 aromatic heterocycles. The van der Waals surface area contributed by atoms with Crippen molar-refractivity contribution in [3.05, 3.63) is 53.0 Å². The van der Waals surface area contributed by atoms with Crippen LogP contribution in [0.4, 0.5) is 4.39 Å². The van der Waals surface area contributed by atoms with Gasteiger partial charge in [0.15, 0.2) is 0 Å². The molecule has 1 fully saturated rings. The van der Waals surface area contributed by atoms with E-state index in [9.17, 15) is 9.18 Å². The van der Waals surface area contributed by atoms with Crippen LogP contribution in [0.15, 0.2) is 42.2 Å². The Morgan fingerprint density at radius 1 is 1.32 bits per heavy atom. The van der Waals surface area contributed by atoms with Crippen molar-refractivity contribution in [1.82, 2.24) is 0 Å². The number of hydrogen-bond donors (Lipinski definition) is 0. The van der Waals surface area contributed by atoms with Gasteiger partial charge in [-0.3, -0.25) is 4.79 Å². The molecule has 0 N–H and O–H groups in total. The van der Waals surface area contributed by atoms with E-state index in [2.05, 4.69) is 0 Å². The highest BCUT2D eigenvalue weighted by molar-refractivity contribution is 6.30. The van der Waals surface area contributed by atoms with Gasteiger partial charge in [-0.1, -0.05) is 23.8 Å². The number of ether oxygens (including phenoxy) is 1. The molecular formula is C15H12ClFO2. The molecule has 0 bridgehead atoms. The Bertz CT molecular complexity index is 572. The smallest absolute Gasteiger partial charge is 0.144 e. The van der Waals surface area contributed by atoms with Crippen molar-refractivity contribution < 1.29 is 13.9 Å². The van der Waals surface area contributed by atoms with Gasteiger partial charge in [-0.2, -0.15) is 0 Å². The maximum Gasteiger partial charge on any atom is 0.144 e. The number of ketones is 1. The SMILES string of the molecule is O=C1CCC2C=CC=C(Oc3cc(F)cc(Cl)c3)[C@@H]12. The lowest BCUT2D eigenvalue weighted by Gasteiger charge is -2.22. The van der Waals surface area contributed by atoms with Crippen molar-refractivity contribution in [2.45, 2.75) is 12.8 Å². The molecule has 0 amide bonds. The van der Waals surface area contributed by atoms with E-state index >= 15 is 0 Å². The normalized spacial score (nSPS) is 25.2. The van der Waals surface area contributed by atoms with E-state index in [0.717, 1.165) is 6.42 Å². The molecule has 1 saturated carbocycles. The van der Waals surface area contributed by atoms with Crippen molar-refractivity contribution in [3.63, 3.8) is 0 Å². The fourth-order valence-electron chi connectivity index (χ4n) is 2.66. The molecule has 0 heterocycles. The Morgan fingerprint density at radius 2 is 2.16 bits per heavy atom. The zero-order valence-electron chi connectivity index (χ0n) is 10.1. The molecule has 2 aliphatic carbocycles. The average molecular weight is 279 g/mol. The van der Waals surface area contributed by atoms with Crippen LogP contribution < -0.4 is 4.74 Å². The monoisotopic (exact) mass is 278 g/mol. The van der Waals surface area contributed by atoms with Crippen molar-refractivity contribution in [2.24, 2.45) is 11.8 Å². The van der Waals surface area contributed by atoms with Crippen LogP contribution in [0.1, 0.15) is 12.8 Å². The molecule has 3 rings (SSSR count). The van der Waals surface area contributed by atoms with Gasteiger partial charge >= 0.3 is 0 Å². The van der Waals surface area contributed by atoms with Gasteiger partial charge in [-0.15, -0.1) is 0 Å². The summed E-state index contributed by atoms with van der Waals surface area (Å²) in [7, 11) is 0. The van der Waals surface area contributed by atoms with Gasteiger partial charge in [-0.05, 0) is 30.5 Å².